The number of methoxy groups -OCH3 is 1. The number of fused-ring (bicyclic) bond motifs is 1. The molecule has 1 aliphatic rings. The minimum absolute atomic E-state index is 0.203. The van der Waals surface area contributed by atoms with Gasteiger partial charge in [0.1, 0.15) is 5.00 Å². The molecule has 1 aromatic heterocycles. The fourth-order valence-corrected chi connectivity index (χ4v) is 4.46. The van der Waals surface area contributed by atoms with Crippen LogP contribution in [0.1, 0.15) is 61.8 Å². The molecular weight excluding hydrogens is 322 g/mol. The number of esters is 1. The Balaban J connectivity index is 2.39. The maximum Gasteiger partial charge on any atom is 0.341 e. The molecule has 4 nitrogen and oxygen atoms in total. The van der Waals surface area contributed by atoms with E-state index >= 15 is 0 Å². The average molecular weight is 349 g/mol. The van der Waals surface area contributed by atoms with Crippen LogP contribution in [0.5, 0.6) is 0 Å². The van der Waals surface area contributed by atoms with Crippen molar-refractivity contribution in [2.24, 2.45) is 11.3 Å². The van der Waals surface area contributed by atoms with Crippen molar-refractivity contribution in [3.05, 3.63) is 27.7 Å². The van der Waals surface area contributed by atoms with Crippen molar-refractivity contribution in [1.29, 1.82) is 0 Å². The molecule has 1 aliphatic carbocycles. The number of anilines is 1. The highest BCUT2D eigenvalue weighted by molar-refractivity contribution is 7.17. The van der Waals surface area contributed by atoms with Crippen molar-refractivity contribution in [1.82, 2.24) is 0 Å². The molecular formula is C19H27NO3S. The van der Waals surface area contributed by atoms with Crippen molar-refractivity contribution >= 4 is 28.2 Å². The third-order valence-electron chi connectivity index (χ3n) is 4.54. The van der Waals surface area contributed by atoms with Gasteiger partial charge in [0, 0.05) is 11.0 Å². The fourth-order valence-electron chi connectivity index (χ4n) is 3.14. The molecule has 5 heteroatoms. The minimum Gasteiger partial charge on any atom is -0.465 e. The van der Waals surface area contributed by atoms with E-state index in [9.17, 15) is 9.59 Å². The number of carbonyl (C=O) groups excluding carboxylic acids is 2. The van der Waals surface area contributed by atoms with E-state index < -0.39 is 0 Å². The second-order valence-corrected chi connectivity index (χ2v) is 8.82. The van der Waals surface area contributed by atoms with Crippen LogP contribution in [0, 0.1) is 11.3 Å². The highest BCUT2D eigenvalue weighted by Gasteiger charge is 2.34. The van der Waals surface area contributed by atoms with Crippen LogP contribution < -0.4 is 5.32 Å². The average Bonchev–Trinajstić information content (AvgIpc) is 2.81. The molecule has 0 fully saturated rings. The van der Waals surface area contributed by atoms with Crippen molar-refractivity contribution < 1.29 is 14.3 Å². The molecule has 1 N–H and O–H groups in total. The molecule has 1 amide bonds. The van der Waals surface area contributed by atoms with E-state index in [1.165, 1.54) is 29.4 Å². The first-order valence-electron chi connectivity index (χ1n) is 8.32. The Labute approximate surface area is 148 Å². The van der Waals surface area contributed by atoms with Crippen molar-refractivity contribution in [2.75, 3.05) is 12.4 Å². The predicted molar refractivity (Wildman–Crippen MR) is 98.7 cm³/mol. The number of allylic oxidation sites excluding steroid dienone is 1. The molecule has 1 heterocycles. The number of hydrogen-bond donors (Lipinski definition) is 1. The maximum absolute atomic E-state index is 12.3. The summed E-state index contributed by atoms with van der Waals surface area (Å²) in [6.45, 7) is 10.5. The number of rotatable bonds is 3. The molecule has 0 saturated heterocycles. The van der Waals surface area contributed by atoms with E-state index in [0.29, 0.717) is 16.5 Å². The van der Waals surface area contributed by atoms with E-state index in [0.717, 1.165) is 30.4 Å². The van der Waals surface area contributed by atoms with Crippen LogP contribution in [0.25, 0.3) is 0 Å². The van der Waals surface area contributed by atoms with Crippen LogP contribution in [-0.2, 0) is 22.4 Å². The summed E-state index contributed by atoms with van der Waals surface area (Å²) in [7, 11) is 1.38. The summed E-state index contributed by atoms with van der Waals surface area (Å²) >= 11 is 1.52. The van der Waals surface area contributed by atoms with E-state index in [1.807, 2.05) is 13.8 Å². The van der Waals surface area contributed by atoms with Gasteiger partial charge in [0.25, 0.3) is 0 Å². The smallest absolute Gasteiger partial charge is 0.341 e. The first kappa shape index (κ1) is 18.7. The molecule has 132 valence electrons. The van der Waals surface area contributed by atoms with Crippen LogP contribution in [0.4, 0.5) is 5.00 Å². The van der Waals surface area contributed by atoms with E-state index in [1.54, 1.807) is 0 Å². The van der Waals surface area contributed by atoms with Gasteiger partial charge in [0.15, 0.2) is 0 Å². The van der Waals surface area contributed by atoms with Crippen LogP contribution in [0.3, 0.4) is 0 Å². The minimum atomic E-state index is -0.366. The van der Waals surface area contributed by atoms with Crippen LogP contribution in [-0.4, -0.2) is 19.0 Å². The molecule has 0 unspecified atom stereocenters. The number of hydrogen-bond acceptors (Lipinski definition) is 4. The zero-order valence-electron chi connectivity index (χ0n) is 15.4. The monoisotopic (exact) mass is 349 g/mol. The third kappa shape index (κ3) is 4.07. The lowest BCUT2D eigenvalue weighted by atomic mass is 9.72. The number of ether oxygens (including phenoxy) is 1. The maximum atomic E-state index is 12.3. The number of amides is 1. The van der Waals surface area contributed by atoms with E-state index in [4.69, 9.17) is 4.74 Å². The summed E-state index contributed by atoms with van der Waals surface area (Å²) < 4.78 is 4.96. The largest absolute Gasteiger partial charge is 0.465 e. The predicted octanol–water partition coefficient (Wildman–Crippen LogP) is 4.59. The van der Waals surface area contributed by atoms with Crippen molar-refractivity contribution in [3.63, 3.8) is 0 Å². The van der Waals surface area contributed by atoms with Gasteiger partial charge in [-0.05, 0) is 50.0 Å². The van der Waals surface area contributed by atoms with Gasteiger partial charge >= 0.3 is 5.97 Å². The van der Waals surface area contributed by atoms with Gasteiger partial charge in [-0.1, -0.05) is 26.3 Å². The molecule has 0 aliphatic heterocycles. The molecule has 0 aromatic carbocycles. The standard InChI is InChI=1S/C19H27NO3S/c1-11(2)9-15(21)20-17-16(18(22)23-6)13-8-7-12(19(3,4)5)10-14(13)24-17/h9,12H,7-8,10H2,1-6H3,(H,20,21)/t12-/m1/s1. The molecule has 0 bridgehead atoms. The summed E-state index contributed by atoms with van der Waals surface area (Å²) in [6, 6.07) is 0. The van der Waals surface area contributed by atoms with Crippen LogP contribution in [0.2, 0.25) is 0 Å². The second-order valence-electron chi connectivity index (χ2n) is 7.72. The Hall–Kier alpha value is -1.62. The lowest BCUT2D eigenvalue weighted by Gasteiger charge is -2.33. The summed E-state index contributed by atoms with van der Waals surface area (Å²) in [4.78, 5) is 25.6. The van der Waals surface area contributed by atoms with Gasteiger partial charge in [0.2, 0.25) is 5.91 Å². The van der Waals surface area contributed by atoms with Gasteiger partial charge in [0.05, 0.1) is 12.7 Å². The first-order chi connectivity index (χ1) is 11.1. The molecule has 0 saturated carbocycles. The summed E-state index contributed by atoms with van der Waals surface area (Å²) in [5.74, 6) is 0.0100. The van der Waals surface area contributed by atoms with E-state index in [-0.39, 0.29) is 17.3 Å². The van der Waals surface area contributed by atoms with Crippen molar-refractivity contribution in [2.45, 2.75) is 53.9 Å². The number of thiophene rings is 1. The highest BCUT2D eigenvalue weighted by atomic mass is 32.1. The van der Waals surface area contributed by atoms with Gasteiger partial charge in [-0.25, -0.2) is 4.79 Å². The Morgan fingerprint density at radius 1 is 1.29 bits per heavy atom. The topological polar surface area (TPSA) is 55.4 Å². The van der Waals surface area contributed by atoms with Gasteiger partial charge in [-0.3, -0.25) is 4.79 Å². The number of nitrogens with one attached hydrogen (secondary N) is 1. The Morgan fingerprint density at radius 2 is 1.96 bits per heavy atom. The molecule has 1 aromatic rings. The lowest BCUT2D eigenvalue weighted by molar-refractivity contribution is -0.111. The Bertz CT molecular complexity index is 676. The lowest BCUT2D eigenvalue weighted by Crippen LogP contribution is -2.26. The van der Waals surface area contributed by atoms with Crippen molar-refractivity contribution in [3.8, 4) is 0 Å². The third-order valence-corrected chi connectivity index (χ3v) is 5.71. The van der Waals surface area contributed by atoms with Gasteiger partial charge in [-0.15, -0.1) is 11.3 Å². The second kappa shape index (κ2) is 7.09. The van der Waals surface area contributed by atoms with Gasteiger partial charge in [-0.2, -0.15) is 0 Å². The molecule has 0 spiro atoms. The fraction of sp³-hybridized carbons (Fsp3) is 0.579. The zero-order valence-corrected chi connectivity index (χ0v) is 16.2. The summed E-state index contributed by atoms with van der Waals surface area (Å²) in [5, 5.41) is 3.48. The highest BCUT2D eigenvalue weighted by Crippen LogP contribution is 2.44. The van der Waals surface area contributed by atoms with Gasteiger partial charge < -0.3 is 10.1 Å². The number of carbonyl (C=O) groups is 2. The van der Waals surface area contributed by atoms with E-state index in [2.05, 4.69) is 26.1 Å². The molecule has 0 radical (unpaired) electrons. The SMILES string of the molecule is COC(=O)c1c(NC(=O)C=C(C)C)sc2c1CC[C@@H](C(C)(C)C)C2. The molecule has 1 atom stereocenters. The normalized spacial score (nSPS) is 17.0. The summed E-state index contributed by atoms with van der Waals surface area (Å²) in [5.41, 5.74) is 2.75. The van der Waals surface area contributed by atoms with Crippen LogP contribution in [0.15, 0.2) is 11.6 Å². The Kier molecular flexibility index (Phi) is 5.53. The molecule has 24 heavy (non-hydrogen) atoms. The quantitative estimate of drug-likeness (QED) is 0.641. The first-order valence-corrected chi connectivity index (χ1v) is 9.13. The summed E-state index contributed by atoms with van der Waals surface area (Å²) in [6.07, 6.45) is 4.40. The van der Waals surface area contributed by atoms with Crippen LogP contribution >= 0.6 is 11.3 Å². The molecule has 2 rings (SSSR count). The zero-order chi connectivity index (χ0) is 18.1. The Morgan fingerprint density at radius 3 is 2.50 bits per heavy atom.